The first-order chi connectivity index (χ1) is 17.3. The van der Waals surface area contributed by atoms with Crippen LogP contribution in [0.1, 0.15) is 41.0 Å². The first kappa shape index (κ1) is 24.0. The number of halogens is 2. The second-order valence-corrected chi connectivity index (χ2v) is 9.23. The zero-order valence-corrected chi connectivity index (χ0v) is 20.0. The third-order valence-electron chi connectivity index (χ3n) is 5.98. The van der Waals surface area contributed by atoms with E-state index < -0.39 is 17.4 Å². The topological polar surface area (TPSA) is 113 Å². The number of carbonyl (C=O) groups excluding carboxylic acids is 1. The van der Waals surface area contributed by atoms with Gasteiger partial charge in [-0.3, -0.25) is 4.79 Å². The molecule has 1 saturated heterocycles. The van der Waals surface area contributed by atoms with Gasteiger partial charge in [0.15, 0.2) is 0 Å². The number of benzene rings is 1. The third kappa shape index (κ3) is 4.98. The Morgan fingerprint density at radius 2 is 1.97 bits per heavy atom. The van der Waals surface area contributed by atoms with Crippen LogP contribution in [0.5, 0.6) is 0 Å². The van der Waals surface area contributed by atoms with Crippen molar-refractivity contribution in [2.45, 2.75) is 38.5 Å². The minimum absolute atomic E-state index is 0.118. The number of aromatic nitrogens is 3. The van der Waals surface area contributed by atoms with Gasteiger partial charge in [0.25, 0.3) is 5.91 Å². The smallest absolute Gasteiger partial charge is 0.256 e. The first-order valence-electron chi connectivity index (χ1n) is 11.8. The second kappa shape index (κ2) is 9.75. The van der Waals surface area contributed by atoms with Crippen molar-refractivity contribution in [3.63, 3.8) is 0 Å². The summed E-state index contributed by atoms with van der Waals surface area (Å²) >= 11 is 0. The van der Waals surface area contributed by atoms with Crippen LogP contribution >= 0.6 is 0 Å². The Labute approximate surface area is 207 Å². The molecule has 0 spiro atoms. The first-order valence-corrected chi connectivity index (χ1v) is 11.8. The van der Waals surface area contributed by atoms with Crippen molar-refractivity contribution in [2.75, 3.05) is 30.4 Å². The molecule has 4 N–H and O–H groups in total. The van der Waals surface area contributed by atoms with Crippen LogP contribution < -0.4 is 21.3 Å². The van der Waals surface area contributed by atoms with Crippen molar-refractivity contribution in [1.29, 1.82) is 0 Å². The van der Waals surface area contributed by atoms with Gasteiger partial charge in [-0.2, -0.15) is 4.98 Å². The molecule has 11 heteroatoms. The van der Waals surface area contributed by atoms with E-state index in [0.717, 1.165) is 31.3 Å². The Hall–Kier alpha value is -3.70. The lowest BCUT2D eigenvalue weighted by Gasteiger charge is -2.33. The highest BCUT2D eigenvalue weighted by atomic mass is 19.1. The van der Waals surface area contributed by atoms with Crippen molar-refractivity contribution in [2.24, 2.45) is 0 Å². The van der Waals surface area contributed by atoms with Gasteiger partial charge in [0, 0.05) is 24.5 Å². The molecule has 2 aliphatic heterocycles. The molecule has 2 aromatic heterocycles. The van der Waals surface area contributed by atoms with Gasteiger partial charge in [-0.05, 0) is 62.2 Å². The molecule has 0 saturated carbocycles. The van der Waals surface area contributed by atoms with Gasteiger partial charge in [0.05, 0.1) is 13.2 Å². The van der Waals surface area contributed by atoms with Crippen molar-refractivity contribution in [3.05, 3.63) is 64.7 Å². The lowest BCUT2D eigenvalue weighted by atomic mass is 9.99. The van der Waals surface area contributed by atoms with Crippen LogP contribution in [-0.2, 0) is 23.4 Å². The highest BCUT2D eigenvalue weighted by Crippen LogP contribution is 2.35. The molecule has 1 aromatic carbocycles. The van der Waals surface area contributed by atoms with E-state index in [9.17, 15) is 13.6 Å². The van der Waals surface area contributed by atoms with E-state index in [2.05, 4.69) is 42.3 Å². The zero-order valence-electron chi connectivity index (χ0n) is 20.0. The molecule has 0 bridgehead atoms. The van der Waals surface area contributed by atoms with Crippen LogP contribution in [-0.4, -0.2) is 46.7 Å². The van der Waals surface area contributed by atoms with Crippen LogP contribution in [0.15, 0.2) is 36.5 Å². The molecular formula is C25H27F2N7O2. The molecule has 9 nitrogen and oxygen atoms in total. The standard InChI is InChI=1S/C25H27F2N7O2/c1-14(2)30-23(35)18-11-29-24(31-17-4-3-15-7-8-28-10-16(15)9-17)34-22(18)33-20-6-5-19(26)21(32-20)25(27)12-36-13-25/h3-6,9,11,14,28H,7-8,10,12-13H2,1-2H3,(H,30,35)(H2,29,31,32,33,34). The maximum Gasteiger partial charge on any atom is 0.256 e. The fourth-order valence-electron chi connectivity index (χ4n) is 4.10. The van der Waals surface area contributed by atoms with Crippen molar-refractivity contribution < 1.29 is 18.3 Å². The minimum atomic E-state index is -1.99. The lowest BCUT2D eigenvalue weighted by molar-refractivity contribution is -0.139. The Morgan fingerprint density at radius 3 is 2.72 bits per heavy atom. The lowest BCUT2D eigenvalue weighted by Crippen LogP contribution is -2.44. The molecule has 2 aliphatic rings. The predicted molar refractivity (Wildman–Crippen MR) is 131 cm³/mol. The fraction of sp³-hybridized carbons (Fsp3) is 0.360. The molecular weight excluding hydrogens is 468 g/mol. The summed E-state index contributed by atoms with van der Waals surface area (Å²) in [6.07, 6.45) is 2.37. The second-order valence-electron chi connectivity index (χ2n) is 9.23. The van der Waals surface area contributed by atoms with E-state index in [4.69, 9.17) is 4.74 Å². The Kier molecular flexibility index (Phi) is 6.50. The number of pyridine rings is 1. The molecule has 1 fully saturated rings. The number of carbonyl (C=O) groups is 1. The summed E-state index contributed by atoms with van der Waals surface area (Å²) in [7, 11) is 0. The number of nitrogens with one attached hydrogen (secondary N) is 4. The maximum absolute atomic E-state index is 14.8. The van der Waals surface area contributed by atoms with Gasteiger partial charge in [0.1, 0.15) is 28.7 Å². The fourth-order valence-corrected chi connectivity index (χ4v) is 4.10. The SMILES string of the molecule is CC(C)NC(=O)c1cnc(Nc2ccc3c(c2)CNCC3)nc1Nc1ccc(F)c(C2(F)COC2)n1. The molecule has 0 unspecified atom stereocenters. The normalized spacial score (nSPS) is 16.1. The predicted octanol–water partition coefficient (Wildman–Crippen LogP) is 3.48. The molecule has 1 amide bonds. The highest BCUT2D eigenvalue weighted by molar-refractivity contribution is 5.99. The van der Waals surface area contributed by atoms with Crippen LogP contribution in [0.4, 0.5) is 32.1 Å². The van der Waals surface area contributed by atoms with E-state index in [1.54, 1.807) is 0 Å². The summed E-state index contributed by atoms with van der Waals surface area (Å²) in [6, 6.07) is 8.43. The Balaban J connectivity index is 1.46. The summed E-state index contributed by atoms with van der Waals surface area (Å²) in [5.41, 5.74) is 1.12. The quantitative estimate of drug-likeness (QED) is 0.394. The molecule has 36 heavy (non-hydrogen) atoms. The van der Waals surface area contributed by atoms with Gasteiger partial charge in [0.2, 0.25) is 11.6 Å². The van der Waals surface area contributed by atoms with E-state index in [-0.39, 0.29) is 48.1 Å². The van der Waals surface area contributed by atoms with Crippen LogP contribution in [0.3, 0.4) is 0 Å². The summed E-state index contributed by atoms with van der Waals surface area (Å²) in [5.74, 6) is -0.628. The minimum Gasteiger partial charge on any atom is -0.374 e. The molecule has 3 aromatic rings. The van der Waals surface area contributed by atoms with Gasteiger partial charge < -0.3 is 26.0 Å². The van der Waals surface area contributed by atoms with E-state index in [0.29, 0.717) is 0 Å². The molecule has 0 aliphatic carbocycles. The number of fused-ring (bicyclic) bond motifs is 1. The van der Waals surface area contributed by atoms with E-state index >= 15 is 0 Å². The number of ether oxygens (including phenoxy) is 1. The largest absolute Gasteiger partial charge is 0.374 e. The number of rotatable bonds is 7. The molecule has 0 atom stereocenters. The highest BCUT2D eigenvalue weighted by Gasteiger charge is 2.44. The average Bonchev–Trinajstić information content (AvgIpc) is 2.83. The molecule has 188 valence electrons. The summed E-state index contributed by atoms with van der Waals surface area (Å²) < 4.78 is 34.1. The van der Waals surface area contributed by atoms with Gasteiger partial charge in [-0.1, -0.05) is 6.07 Å². The van der Waals surface area contributed by atoms with Crippen LogP contribution in [0, 0.1) is 5.82 Å². The monoisotopic (exact) mass is 495 g/mol. The number of hydrogen-bond acceptors (Lipinski definition) is 8. The Bertz CT molecular complexity index is 1300. The van der Waals surface area contributed by atoms with Crippen molar-refractivity contribution in [1.82, 2.24) is 25.6 Å². The van der Waals surface area contributed by atoms with Gasteiger partial charge >= 0.3 is 0 Å². The van der Waals surface area contributed by atoms with Crippen molar-refractivity contribution >= 4 is 29.2 Å². The van der Waals surface area contributed by atoms with Gasteiger partial charge in [-0.25, -0.2) is 18.7 Å². The number of amides is 1. The summed E-state index contributed by atoms with van der Waals surface area (Å²) in [4.78, 5) is 25.7. The molecule has 4 heterocycles. The number of nitrogens with zero attached hydrogens (tertiary/aromatic N) is 3. The van der Waals surface area contributed by atoms with Crippen LogP contribution in [0.25, 0.3) is 0 Å². The molecule has 5 rings (SSSR count). The molecule has 0 radical (unpaired) electrons. The van der Waals surface area contributed by atoms with E-state index in [1.165, 1.54) is 23.4 Å². The number of anilines is 4. The zero-order chi connectivity index (χ0) is 25.3. The third-order valence-corrected chi connectivity index (χ3v) is 5.98. The average molecular weight is 496 g/mol. The number of alkyl halides is 1. The van der Waals surface area contributed by atoms with Gasteiger partial charge in [-0.15, -0.1) is 0 Å². The summed E-state index contributed by atoms with van der Waals surface area (Å²) in [6.45, 7) is 4.88. The Morgan fingerprint density at radius 1 is 1.14 bits per heavy atom. The summed E-state index contributed by atoms with van der Waals surface area (Å²) in [5, 5.41) is 12.3. The van der Waals surface area contributed by atoms with Crippen molar-refractivity contribution in [3.8, 4) is 0 Å². The maximum atomic E-state index is 14.8. The van der Waals surface area contributed by atoms with E-state index in [1.807, 2.05) is 26.0 Å². The number of hydrogen-bond donors (Lipinski definition) is 4. The van der Waals surface area contributed by atoms with Crippen LogP contribution in [0.2, 0.25) is 0 Å².